The molecule has 0 spiro atoms. The van der Waals surface area contributed by atoms with Crippen molar-refractivity contribution in [2.45, 2.75) is 11.1 Å². The van der Waals surface area contributed by atoms with Crippen LogP contribution in [0.3, 0.4) is 0 Å². The summed E-state index contributed by atoms with van der Waals surface area (Å²) in [4.78, 5) is 21.1. The number of nitroso groups, excluding NO2 is 2. The summed E-state index contributed by atoms with van der Waals surface area (Å²) in [6.45, 7) is 0. The minimum absolute atomic E-state index is 0.0602. The first-order valence-electron chi connectivity index (χ1n) is 3.88. The molecule has 0 N–H and O–H groups in total. The van der Waals surface area contributed by atoms with E-state index in [2.05, 4.69) is 10.4 Å². The standard InChI is InChI=1S/C8H6N2O2/c11-9-7-3-1-5(7)8(10-12)4-2-6(7)8/h1-6H. The van der Waals surface area contributed by atoms with E-state index in [1.165, 1.54) is 0 Å². The van der Waals surface area contributed by atoms with Crippen LogP contribution < -0.4 is 0 Å². The Morgan fingerprint density at radius 1 is 0.917 bits per heavy atom. The number of rotatable bonds is 2. The maximum Gasteiger partial charge on any atom is 0.139 e. The van der Waals surface area contributed by atoms with Crippen LogP contribution in [-0.2, 0) is 0 Å². The Balaban J connectivity index is 2.11. The largest absolute Gasteiger partial charge is 0.150 e. The van der Waals surface area contributed by atoms with Crippen molar-refractivity contribution in [1.29, 1.82) is 0 Å². The van der Waals surface area contributed by atoms with Crippen molar-refractivity contribution in [3.63, 3.8) is 0 Å². The Morgan fingerprint density at radius 3 is 1.50 bits per heavy atom. The van der Waals surface area contributed by atoms with Gasteiger partial charge in [-0.15, -0.1) is 9.81 Å². The SMILES string of the molecule is O=NC12C=CC1C1(N=O)C=CC21. The molecule has 1 fully saturated rings. The number of nitrogens with zero attached hydrogens (tertiary/aromatic N) is 2. The molecule has 0 unspecified atom stereocenters. The van der Waals surface area contributed by atoms with Gasteiger partial charge < -0.3 is 0 Å². The predicted octanol–water partition coefficient (Wildman–Crippen LogP) is 1.38. The fourth-order valence-corrected chi connectivity index (χ4v) is 2.61. The van der Waals surface area contributed by atoms with Crippen LogP contribution >= 0.6 is 0 Å². The average Bonchev–Trinajstić information content (AvgIpc) is 2.04. The Kier molecular flexibility index (Phi) is 0.735. The minimum atomic E-state index is -0.608. The van der Waals surface area contributed by atoms with Gasteiger partial charge in [0.25, 0.3) is 0 Å². The second-order valence-corrected chi connectivity index (χ2v) is 3.63. The van der Waals surface area contributed by atoms with Gasteiger partial charge in [-0.3, -0.25) is 0 Å². The molecule has 0 aliphatic heterocycles. The Morgan fingerprint density at radius 2 is 1.33 bits per heavy atom. The smallest absolute Gasteiger partial charge is 0.139 e. The fourth-order valence-electron chi connectivity index (χ4n) is 2.61. The first kappa shape index (κ1) is 6.22. The third-order valence-corrected chi connectivity index (χ3v) is 3.42. The summed E-state index contributed by atoms with van der Waals surface area (Å²) < 4.78 is 0. The molecule has 0 saturated heterocycles. The third-order valence-electron chi connectivity index (χ3n) is 3.42. The number of fused-ring (bicyclic) bond motifs is 4. The van der Waals surface area contributed by atoms with Crippen LogP contribution in [0.15, 0.2) is 34.7 Å². The monoisotopic (exact) mass is 162 g/mol. The topological polar surface area (TPSA) is 58.9 Å². The molecule has 0 atom stereocenters. The lowest BCUT2D eigenvalue weighted by Gasteiger charge is -2.65. The van der Waals surface area contributed by atoms with Crippen LogP contribution in [0.4, 0.5) is 0 Å². The molecule has 0 radical (unpaired) electrons. The summed E-state index contributed by atoms with van der Waals surface area (Å²) in [5.41, 5.74) is -1.22. The summed E-state index contributed by atoms with van der Waals surface area (Å²) in [5.74, 6) is -0.120. The van der Waals surface area contributed by atoms with E-state index in [9.17, 15) is 9.81 Å². The number of hydrogen-bond donors (Lipinski definition) is 0. The second kappa shape index (κ2) is 1.42. The maximum atomic E-state index is 10.5. The summed E-state index contributed by atoms with van der Waals surface area (Å²) in [7, 11) is 0. The third kappa shape index (κ3) is 0.309. The van der Waals surface area contributed by atoms with Crippen LogP contribution in [0.5, 0.6) is 0 Å². The summed E-state index contributed by atoms with van der Waals surface area (Å²) in [6.07, 6.45) is 7.26. The zero-order valence-electron chi connectivity index (χ0n) is 6.18. The maximum absolute atomic E-state index is 10.5. The molecule has 0 aromatic rings. The quantitative estimate of drug-likeness (QED) is 0.455. The second-order valence-electron chi connectivity index (χ2n) is 3.63. The molecule has 4 nitrogen and oxygen atoms in total. The molecule has 0 heterocycles. The van der Waals surface area contributed by atoms with Crippen LogP contribution in [0.25, 0.3) is 0 Å². The molecule has 0 amide bonds. The van der Waals surface area contributed by atoms with E-state index in [1.807, 2.05) is 12.2 Å². The van der Waals surface area contributed by atoms with E-state index in [-0.39, 0.29) is 11.8 Å². The molecule has 4 heteroatoms. The van der Waals surface area contributed by atoms with Crippen LogP contribution in [0.2, 0.25) is 0 Å². The molecule has 0 bridgehead atoms. The molecule has 1 saturated carbocycles. The highest BCUT2D eigenvalue weighted by Gasteiger charge is 2.77. The van der Waals surface area contributed by atoms with Gasteiger partial charge in [0.05, 0.1) is 0 Å². The normalized spacial score (nSPS) is 57.0. The highest BCUT2D eigenvalue weighted by atomic mass is 16.3. The van der Waals surface area contributed by atoms with E-state index in [0.29, 0.717) is 0 Å². The summed E-state index contributed by atoms with van der Waals surface area (Å²) in [6, 6.07) is 0. The molecule has 3 rings (SSSR count). The van der Waals surface area contributed by atoms with Crippen molar-refractivity contribution in [1.82, 2.24) is 0 Å². The van der Waals surface area contributed by atoms with Gasteiger partial charge in [0.15, 0.2) is 0 Å². The van der Waals surface area contributed by atoms with Crippen LogP contribution in [0, 0.1) is 21.6 Å². The Labute approximate surface area is 68.3 Å². The van der Waals surface area contributed by atoms with Gasteiger partial charge in [0.2, 0.25) is 0 Å². The molecule has 0 aromatic carbocycles. The fraction of sp³-hybridized carbons (Fsp3) is 0.500. The Hall–Kier alpha value is -1.32. The van der Waals surface area contributed by atoms with E-state index in [1.54, 1.807) is 12.2 Å². The van der Waals surface area contributed by atoms with Crippen molar-refractivity contribution in [3.05, 3.63) is 34.1 Å². The van der Waals surface area contributed by atoms with Gasteiger partial charge in [-0.1, -0.05) is 34.7 Å². The van der Waals surface area contributed by atoms with Gasteiger partial charge in [-0.2, -0.15) is 0 Å². The van der Waals surface area contributed by atoms with Gasteiger partial charge in [-0.05, 0) is 0 Å². The van der Waals surface area contributed by atoms with Crippen LogP contribution in [-0.4, -0.2) is 11.1 Å². The van der Waals surface area contributed by atoms with Gasteiger partial charge in [-0.25, -0.2) is 0 Å². The lowest BCUT2D eigenvalue weighted by Crippen LogP contribution is -2.75. The lowest BCUT2D eigenvalue weighted by atomic mass is 9.38. The Bertz CT molecular complexity index is 303. The van der Waals surface area contributed by atoms with Crippen LogP contribution in [0.1, 0.15) is 0 Å². The van der Waals surface area contributed by atoms with Crippen molar-refractivity contribution in [2.75, 3.05) is 0 Å². The van der Waals surface area contributed by atoms with Gasteiger partial charge in [0, 0.05) is 11.8 Å². The van der Waals surface area contributed by atoms with Crippen molar-refractivity contribution in [2.24, 2.45) is 22.2 Å². The van der Waals surface area contributed by atoms with Gasteiger partial charge >= 0.3 is 0 Å². The number of hydrogen-bond acceptors (Lipinski definition) is 4. The zero-order valence-corrected chi connectivity index (χ0v) is 6.18. The van der Waals surface area contributed by atoms with Crippen molar-refractivity contribution < 1.29 is 0 Å². The minimum Gasteiger partial charge on any atom is -0.150 e. The molecule has 3 aliphatic carbocycles. The molecule has 12 heavy (non-hydrogen) atoms. The molecular formula is C8H6N2O2. The first-order chi connectivity index (χ1) is 5.80. The molecule has 0 aromatic heterocycles. The molecular weight excluding hydrogens is 156 g/mol. The van der Waals surface area contributed by atoms with Gasteiger partial charge in [0.1, 0.15) is 11.1 Å². The summed E-state index contributed by atoms with van der Waals surface area (Å²) in [5, 5.41) is 6.16. The van der Waals surface area contributed by atoms with Crippen molar-refractivity contribution >= 4 is 0 Å². The van der Waals surface area contributed by atoms with E-state index < -0.39 is 11.1 Å². The summed E-state index contributed by atoms with van der Waals surface area (Å²) >= 11 is 0. The van der Waals surface area contributed by atoms with E-state index in [4.69, 9.17) is 0 Å². The van der Waals surface area contributed by atoms with E-state index >= 15 is 0 Å². The lowest BCUT2D eigenvalue weighted by molar-refractivity contribution is 0.00590. The molecule has 60 valence electrons. The first-order valence-corrected chi connectivity index (χ1v) is 3.88. The highest BCUT2D eigenvalue weighted by Crippen LogP contribution is 2.68. The van der Waals surface area contributed by atoms with Crippen molar-refractivity contribution in [3.8, 4) is 0 Å². The average molecular weight is 162 g/mol. The molecule has 3 aliphatic rings. The van der Waals surface area contributed by atoms with E-state index in [0.717, 1.165) is 0 Å². The zero-order chi connectivity index (χ0) is 8.40. The highest BCUT2D eigenvalue weighted by molar-refractivity contribution is 5.54. The predicted molar refractivity (Wildman–Crippen MR) is 42.3 cm³/mol.